The average Bonchev–Trinajstić information content (AvgIpc) is 2.54. The van der Waals surface area contributed by atoms with E-state index in [1.165, 1.54) is 12.8 Å². The molecule has 3 nitrogen and oxygen atoms in total. The van der Waals surface area contributed by atoms with Crippen LogP contribution in [0.15, 0.2) is 0 Å². The lowest BCUT2D eigenvalue weighted by Crippen LogP contribution is -2.46. The normalized spacial score (nSPS) is 28.2. The summed E-state index contributed by atoms with van der Waals surface area (Å²) >= 11 is 0. The van der Waals surface area contributed by atoms with E-state index in [1.54, 1.807) is 0 Å². The second kappa shape index (κ2) is 4.29. The van der Waals surface area contributed by atoms with Gasteiger partial charge in [0, 0.05) is 19.7 Å². The largest absolute Gasteiger partial charge is 0.380 e. The molecular weight excluding hydrogens is 176 g/mol. The molecule has 1 saturated heterocycles. The fourth-order valence-corrected chi connectivity index (χ4v) is 2.63. The van der Waals surface area contributed by atoms with Crippen molar-refractivity contribution in [3.05, 3.63) is 0 Å². The van der Waals surface area contributed by atoms with Crippen LogP contribution in [0.4, 0.5) is 0 Å². The number of hydrogen-bond acceptors (Lipinski definition) is 3. The van der Waals surface area contributed by atoms with E-state index in [2.05, 4.69) is 11.0 Å². The summed E-state index contributed by atoms with van der Waals surface area (Å²) in [5.41, 5.74) is -0.145. The molecule has 0 aromatic carbocycles. The van der Waals surface area contributed by atoms with Gasteiger partial charge in [-0.25, -0.2) is 0 Å². The molecule has 0 bridgehead atoms. The van der Waals surface area contributed by atoms with E-state index < -0.39 is 0 Å². The smallest absolute Gasteiger partial charge is 0.109 e. The fourth-order valence-electron chi connectivity index (χ4n) is 2.63. The first-order valence-electron chi connectivity index (χ1n) is 5.61. The number of nitrogens with zero attached hydrogens (tertiary/aromatic N) is 2. The van der Waals surface area contributed by atoms with Gasteiger partial charge >= 0.3 is 0 Å². The summed E-state index contributed by atoms with van der Waals surface area (Å²) in [4.78, 5) is 2.35. The third kappa shape index (κ3) is 1.77. The second-order valence-electron chi connectivity index (χ2n) is 4.30. The van der Waals surface area contributed by atoms with E-state index in [4.69, 9.17) is 4.74 Å². The van der Waals surface area contributed by atoms with Crippen molar-refractivity contribution in [1.82, 2.24) is 4.90 Å². The SMILES string of the molecule is N#CC1(N2CCCOCC2)CCCC1. The minimum atomic E-state index is -0.145. The van der Waals surface area contributed by atoms with Gasteiger partial charge in [0.15, 0.2) is 0 Å². The maximum Gasteiger partial charge on any atom is 0.109 e. The summed E-state index contributed by atoms with van der Waals surface area (Å²) in [6.07, 6.45) is 5.62. The van der Waals surface area contributed by atoms with Crippen molar-refractivity contribution in [2.75, 3.05) is 26.3 Å². The second-order valence-corrected chi connectivity index (χ2v) is 4.30. The summed E-state index contributed by atoms with van der Waals surface area (Å²) in [6, 6.07) is 2.55. The molecule has 0 N–H and O–H groups in total. The van der Waals surface area contributed by atoms with Gasteiger partial charge in [-0.05, 0) is 19.3 Å². The Balaban J connectivity index is 2.06. The summed E-state index contributed by atoms with van der Waals surface area (Å²) in [6.45, 7) is 3.63. The highest BCUT2D eigenvalue weighted by atomic mass is 16.5. The Morgan fingerprint density at radius 1 is 1.07 bits per heavy atom. The molecule has 0 unspecified atom stereocenters. The van der Waals surface area contributed by atoms with E-state index in [0.717, 1.165) is 45.6 Å². The third-order valence-corrected chi connectivity index (χ3v) is 3.47. The van der Waals surface area contributed by atoms with Gasteiger partial charge in [-0.15, -0.1) is 0 Å². The van der Waals surface area contributed by atoms with Crippen molar-refractivity contribution < 1.29 is 4.74 Å². The van der Waals surface area contributed by atoms with Gasteiger partial charge in [0.05, 0.1) is 12.7 Å². The van der Waals surface area contributed by atoms with E-state index in [0.29, 0.717) is 0 Å². The quantitative estimate of drug-likeness (QED) is 0.635. The van der Waals surface area contributed by atoms with Gasteiger partial charge in [-0.1, -0.05) is 12.8 Å². The molecule has 1 aliphatic heterocycles. The molecule has 2 fully saturated rings. The Kier molecular flexibility index (Phi) is 3.05. The highest BCUT2D eigenvalue weighted by molar-refractivity contribution is 5.11. The van der Waals surface area contributed by atoms with E-state index in [-0.39, 0.29) is 5.54 Å². The van der Waals surface area contributed by atoms with Gasteiger partial charge in [0.2, 0.25) is 0 Å². The molecule has 2 rings (SSSR count). The minimum Gasteiger partial charge on any atom is -0.380 e. The summed E-state index contributed by atoms with van der Waals surface area (Å²) < 4.78 is 5.42. The van der Waals surface area contributed by atoms with Crippen molar-refractivity contribution in [2.45, 2.75) is 37.6 Å². The van der Waals surface area contributed by atoms with Crippen LogP contribution in [-0.2, 0) is 4.74 Å². The monoisotopic (exact) mass is 194 g/mol. The van der Waals surface area contributed by atoms with Gasteiger partial charge < -0.3 is 4.74 Å². The van der Waals surface area contributed by atoms with Crippen LogP contribution in [0.25, 0.3) is 0 Å². The molecule has 14 heavy (non-hydrogen) atoms. The maximum atomic E-state index is 9.33. The molecule has 3 heteroatoms. The van der Waals surface area contributed by atoms with Crippen molar-refractivity contribution in [2.24, 2.45) is 0 Å². The number of hydrogen-bond donors (Lipinski definition) is 0. The van der Waals surface area contributed by atoms with Gasteiger partial charge in [0.25, 0.3) is 0 Å². The third-order valence-electron chi connectivity index (χ3n) is 3.47. The standard InChI is InChI=1S/C11H18N2O/c12-10-11(4-1-2-5-11)13-6-3-8-14-9-7-13/h1-9H2. The number of rotatable bonds is 1. The van der Waals surface area contributed by atoms with Crippen LogP contribution in [-0.4, -0.2) is 36.7 Å². The lowest BCUT2D eigenvalue weighted by molar-refractivity contribution is 0.113. The van der Waals surface area contributed by atoms with Gasteiger partial charge in [-0.3, -0.25) is 4.90 Å². The van der Waals surface area contributed by atoms with Crippen molar-refractivity contribution >= 4 is 0 Å². The van der Waals surface area contributed by atoms with Crippen LogP contribution in [0.1, 0.15) is 32.1 Å². The van der Waals surface area contributed by atoms with Crippen LogP contribution in [0.5, 0.6) is 0 Å². The molecule has 2 aliphatic rings. The molecule has 78 valence electrons. The lowest BCUT2D eigenvalue weighted by Gasteiger charge is -2.34. The molecule has 0 aromatic heterocycles. The van der Waals surface area contributed by atoms with Crippen molar-refractivity contribution in [1.29, 1.82) is 5.26 Å². The molecule has 0 spiro atoms. The predicted molar refractivity (Wildman–Crippen MR) is 53.8 cm³/mol. The Morgan fingerprint density at radius 3 is 2.57 bits per heavy atom. The van der Waals surface area contributed by atoms with Crippen LogP contribution in [0, 0.1) is 11.3 Å². The zero-order valence-corrected chi connectivity index (χ0v) is 8.67. The number of nitriles is 1. The molecule has 0 aromatic rings. The summed E-state index contributed by atoms with van der Waals surface area (Å²) in [7, 11) is 0. The molecule has 0 amide bonds. The number of ether oxygens (including phenoxy) is 1. The molecule has 0 atom stereocenters. The zero-order chi connectivity index (χ0) is 9.86. The first kappa shape index (κ1) is 9.95. The topological polar surface area (TPSA) is 36.3 Å². The first-order valence-corrected chi connectivity index (χ1v) is 5.61. The van der Waals surface area contributed by atoms with E-state index in [1.807, 2.05) is 0 Å². The van der Waals surface area contributed by atoms with Crippen molar-refractivity contribution in [3.63, 3.8) is 0 Å². The molecule has 1 heterocycles. The van der Waals surface area contributed by atoms with E-state index >= 15 is 0 Å². The van der Waals surface area contributed by atoms with Crippen LogP contribution >= 0.6 is 0 Å². The first-order chi connectivity index (χ1) is 6.87. The molecule has 1 aliphatic carbocycles. The molecular formula is C11H18N2O. The van der Waals surface area contributed by atoms with Crippen LogP contribution in [0.2, 0.25) is 0 Å². The Bertz CT molecular complexity index is 220. The summed E-state index contributed by atoms with van der Waals surface area (Å²) in [5, 5.41) is 9.33. The Labute approximate surface area is 85.6 Å². The molecule has 1 saturated carbocycles. The molecule has 0 radical (unpaired) electrons. The zero-order valence-electron chi connectivity index (χ0n) is 8.67. The van der Waals surface area contributed by atoms with Crippen molar-refractivity contribution in [3.8, 4) is 6.07 Å². The highest BCUT2D eigenvalue weighted by Gasteiger charge is 2.39. The average molecular weight is 194 g/mol. The lowest BCUT2D eigenvalue weighted by atomic mass is 9.97. The summed E-state index contributed by atoms with van der Waals surface area (Å²) in [5.74, 6) is 0. The van der Waals surface area contributed by atoms with Crippen LogP contribution in [0.3, 0.4) is 0 Å². The van der Waals surface area contributed by atoms with Crippen LogP contribution < -0.4 is 0 Å². The highest BCUT2D eigenvalue weighted by Crippen LogP contribution is 2.35. The van der Waals surface area contributed by atoms with E-state index in [9.17, 15) is 5.26 Å². The fraction of sp³-hybridized carbons (Fsp3) is 0.909. The Morgan fingerprint density at radius 2 is 1.86 bits per heavy atom. The minimum absolute atomic E-state index is 0.145. The predicted octanol–water partition coefficient (Wildman–Crippen LogP) is 1.55. The van der Waals surface area contributed by atoms with Gasteiger partial charge in [-0.2, -0.15) is 5.26 Å². The van der Waals surface area contributed by atoms with Gasteiger partial charge in [0.1, 0.15) is 5.54 Å². The maximum absolute atomic E-state index is 9.33. The Hall–Kier alpha value is -0.590.